The summed E-state index contributed by atoms with van der Waals surface area (Å²) >= 11 is 0. The van der Waals surface area contributed by atoms with Gasteiger partial charge >= 0.3 is 0 Å². The Bertz CT molecular complexity index is 907. The van der Waals surface area contributed by atoms with Crippen LogP contribution in [0.2, 0.25) is 0 Å². The number of nitrogens with zero attached hydrogens (tertiary/aromatic N) is 5. The summed E-state index contributed by atoms with van der Waals surface area (Å²) in [5, 5.41) is 1.01. The van der Waals surface area contributed by atoms with E-state index in [1.54, 1.807) is 12.5 Å². The lowest BCUT2D eigenvalue weighted by molar-refractivity contribution is -0.118. The number of hydrogen-bond donors (Lipinski definition) is 1. The maximum absolute atomic E-state index is 11.5. The molecule has 8 heteroatoms. The monoisotopic (exact) mass is 338 g/mol. The van der Waals surface area contributed by atoms with Crippen molar-refractivity contribution in [2.45, 2.75) is 12.3 Å². The molecule has 3 aromatic rings. The summed E-state index contributed by atoms with van der Waals surface area (Å²) in [6.07, 6.45) is 8.67. The lowest BCUT2D eigenvalue weighted by Gasteiger charge is -2.25. The molecule has 2 unspecified atom stereocenters. The molecule has 1 saturated heterocycles. The number of aromatic nitrogens is 4. The van der Waals surface area contributed by atoms with E-state index < -0.39 is 0 Å². The predicted molar refractivity (Wildman–Crippen MR) is 90.0 cm³/mol. The highest BCUT2D eigenvalue weighted by Crippen LogP contribution is 2.60. The van der Waals surface area contributed by atoms with Crippen molar-refractivity contribution in [2.24, 2.45) is 5.41 Å². The second-order valence-electron chi connectivity index (χ2n) is 6.96. The number of fused-ring (bicyclic) bond motifs is 1. The molecule has 0 bridgehead atoms. The number of H-pyrrole nitrogens is 1. The van der Waals surface area contributed by atoms with Gasteiger partial charge in [0, 0.05) is 43.7 Å². The molecule has 0 aromatic carbocycles. The number of rotatable bonds is 3. The molecule has 2 atom stereocenters. The van der Waals surface area contributed by atoms with Crippen molar-refractivity contribution in [3.8, 4) is 0 Å². The predicted octanol–water partition coefficient (Wildman–Crippen LogP) is 1.40. The van der Waals surface area contributed by atoms with Crippen LogP contribution in [0.3, 0.4) is 0 Å². The van der Waals surface area contributed by atoms with Crippen molar-refractivity contribution in [1.29, 1.82) is 0 Å². The summed E-state index contributed by atoms with van der Waals surface area (Å²) in [7, 11) is 0. The largest absolute Gasteiger partial charge is 0.448 e. The van der Waals surface area contributed by atoms with Crippen LogP contribution < -0.4 is 4.90 Å². The quantitative estimate of drug-likeness (QED) is 0.726. The van der Waals surface area contributed by atoms with Crippen molar-refractivity contribution in [3.05, 3.63) is 36.9 Å². The van der Waals surface area contributed by atoms with Gasteiger partial charge in [-0.3, -0.25) is 4.79 Å². The Hall–Kier alpha value is -2.90. The second kappa shape index (κ2) is 5.30. The maximum Gasteiger partial charge on any atom is 0.209 e. The van der Waals surface area contributed by atoms with Crippen LogP contribution in [0.5, 0.6) is 0 Å². The minimum absolute atomic E-state index is 0.00940. The van der Waals surface area contributed by atoms with E-state index in [0.717, 1.165) is 55.1 Å². The fourth-order valence-corrected chi connectivity index (χ4v) is 4.12. The first kappa shape index (κ1) is 14.4. The van der Waals surface area contributed by atoms with Gasteiger partial charge in [-0.15, -0.1) is 0 Å². The van der Waals surface area contributed by atoms with Crippen molar-refractivity contribution >= 4 is 23.3 Å². The molecule has 1 saturated carbocycles. The first-order valence-electron chi connectivity index (χ1n) is 8.40. The van der Waals surface area contributed by atoms with Crippen LogP contribution >= 0.6 is 0 Å². The van der Waals surface area contributed by atoms with E-state index in [0.29, 0.717) is 12.5 Å². The Morgan fingerprint density at radius 1 is 1.32 bits per heavy atom. The molecule has 8 nitrogen and oxygen atoms in total. The molecule has 1 spiro atoms. The molecule has 1 aliphatic heterocycles. The molecule has 4 heterocycles. The number of hydrogen-bond acceptors (Lipinski definition) is 6. The highest BCUT2D eigenvalue weighted by molar-refractivity contribution is 5.87. The molecule has 3 aromatic heterocycles. The van der Waals surface area contributed by atoms with Crippen molar-refractivity contribution in [2.75, 3.05) is 31.1 Å². The summed E-state index contributed by atoms with van der Waals surface area (Å²) in [5.74, 6) is 2.12. The molecule has 1 amide bonds. The smallest absolute Gasteiger partial charge is 0.209 e. The average Bonchev–Trinajstić information content (AvgIpc) is 3.01. The fourth-order valence-electron chi connectivity index (χ4n) is 4.12. The van der Waals surface area contributed by atoms with Crippen LogP contribution in [0.25, 0.3) is 11.0 Å². The summed E-state index contributed by atoms with van der Waals surface area (Å²) in [6, 6.07) is 2.00. The van der Waals surface area contributed by atoms with E-state index in [9.17, 15) is 4.79 Å². The number of anilines is 1. The number of nitrogens with one attached hydrogen (secondary N) is 1. The Balaban J connectivity index is 1.51. The van der Waals surface area contributed by atoms with E-state index in [-0.39, 0.29) is 5.41 Å². The van der Waals surface area contributed by atoms with Gasteiger partial charge in [0.25, 0.3) is 0 Å². The zero-order valence-electron chi connectivity index (χ0n) is 13.6. The molecule has 0 radical (unpaired) electrons. The number of amides is 1. The third kappa shape index (κ3) is 2.28. The van der Waals surface area contributed by atoms with Gasteiger partial charge in [0.05, 0.1) is 11.6 Å². The molecule has 2 fully saturated rings. The average molecular weight is 338 g/mol. The van der Waals surface area contributed by atoms with E-state index >= 15 is 0 Å². The van der Waals surface area contributed by atoms with Gasteiger partial charge in [-0.05, 0) is 12.5 Å². The minimum Gasteiger partial charge on any atom is -0.448 e. The zero-order chi connectivity index (χ0) is 16.9. The molecule has 5 rings (SSSR count). The first-order valence-corrected chi connectivity index (χ1v) is 8.40. The molecule has 25 heavy (non-hydrogen) atoms. The summed E-state index contributed by atoms with van der Waals surface area (Å²) in [6.45, 7) is 3.00. The van der Waals surface area contributed by atoms with Crippen molar-refractivity contribution < 1.29 is 9.21 Å². The Labute approximate surface area is 143 Å². The lowest BCUT2D eigenvalue weighted by atomic mass is 10.0. The Kier molecular flexibility index (Phi) is 3.06. The van der Waals surface area contributed by atoms with Gasteiger partial charge < -0.3 is 19.2 Å². The zero-order valence-corrected chi connectivity index (χ0v) is 13.6. The topological polar surface area (TPSA) is 91.2 Å². The van der Waals surface area contributed by atoms with Gasteiger partial charge in [-0.25, -0.2) is 15.0 Å². The van der Waals surface area contributed by atoms with Gasteiger partial charge in [-0.1, -0.05) is 0 Å². The number of oxazole rings is 1. The minimum atomic E-state index is -0.00940. The third-order valence-electron chi connectivity index (χ3n) is 5.45. The normalized spacial score (nSPS) is 26.2. The Morgan fingerprint density at radius 3 is 3.12 bits per heavy atom. The van der Waals surface area contributed by atoms with Gasteiger partial charge in [0.2, 0.25) is 6.41 Å². The number of aromatic amines is 1. The first-order chi connectivity index (χ1) is 12.3. The van der Waals surface area contributed by atoms with Crippen molar-refractivity contribution in [1.82, 2.24) is 24.8 Å². The van der Waals surface area contributed by atoms with Crippen LogP contribution in [0.4, 0.5) is 5.82 Å². The number of carbonyl (C=O) groups is 1. The maximum atomic E-state index is 11.5. The summed E-state index contributed by atoms with van der Waals surface area (Å²) in [4.78, 5) is 31.6. The van der Waals surface area contributed by atoms with Gasteiger partial charge in [0.1, 0.15) is 23.6 Å². The standard InChI is InChI=1S/C17H18N6O2/c24-11-22-3-4-23(16-12-1-2-19-15(12)20-9-21-16)8-17(7-22)5-13(17)14-6-18-10-25-14/h1-2,6,9-11,13H,3-5,7-8H2,(H,19,20,21). The van der Waals surface area contributed by atoms with Crippen LogP contribution in [-0.2, 0) is 4.79 Å². The molecular weight excluding hydrogens is 320 g/mol. The van der Waals surface area contributed by atoms with Gasteiger partial charge in [0.15, 0.2) is 6.39 Å². The summed E-state index contributed by atoms with van der Waals surface area (Å²) < 4.78 is 5.53. The Morgan fingerprint density at radius 2 is 2.28 bits per heavy atom. The molecular formula is C17H18N6O2. The lowest BCUT2D eigenvalue weighted by Crippen LogP contribution is -2.32. The fraction of sp³-hybridized carbons (Fsp3) is 0.412. The SMILES string of the molecule is O=CN1CCN(c2ncnc3[nH]ccc23)CC2(CC2c2cnco2)C1. The molecule has 1 aliphatic carbocycles. The van der Waals surface area contributed by atoms with E-state index in [1.165, 1.54) is 6.39 Å². The third-order valence-corrected chi connectivity index (χ3v) is 5.45. The number of carbonyl (C=O) groups excluding carboxylic acids is 1. The highest BCUT2D eigenvalue weighted by Gasteiger charge is 2.58. The van der Waals surface area contributed by atoms with Crippen LogP contribution in [-0.4, -0.2) is 57.4 Å². The second-order valence-corrected chi connectivity index (χ2v) is 6.96. The van der Waals surface area contributed by atoms with E-state index in [1.807, 2.05) is 17.2 Å². The highest BCUT2D eigenvalue weighted by atomic mass is 16.3. The summed E-state index contributed by atoms with van der Waals surface area (Å²) in [5.41, 5.74) is 0.822. The van der Waals surface area contributed by atoms with Crippen LogP contribution in [0.15, 0.2) is 35.6 Å². The molecule has 2 aliphatic rings. The van der Waals surface area contributed by atoms with E-state index in [2.05, 4.69) is 24.8 Å². The van der Waals surface area contributed by atoms with E-state index in [4.69, 9.17) is 4.42 Å². The molecule has 128 valence electrons. The van der Waals surface area contributed by atoms with Gasteiger partial charge in [-0.2, -0.15) is 0 Å². The molecule has 1 N–H and O–H groups in total. The van der Waals surface area contributed by atoms with Crippen molar-refractivity contribution in [3.63, 3.8) is 0 Å². The van der Waals surface area contributed by atoms with Crippen LogP contribution in [0, 0.1) is 5.41 Å². The van der Waals surface area contributed by atoms with Crippen LogP contribution in [0.1, 0.15) is 18.1 Å².